The number of nitrogens with one attached hydrogen (secondary N) is 2. The van der Waals surface area contributed by atoms with Crippen LogP contribution in [0.3, 0.4) is 0 Å². The van der Waals surface area contributed by atoms with Crippen molar-refractivity contribution in [2.24, 2.45) is 10.9 Å². The first kappa shape index (κ1) is 19.0. The fourth-order valence-corrected chi connectivity index (χ4v) is 2.99. The van der Waals surface area contributed by atoms with Crippen molar-refractivity contribution in [3.63, 3.8) is 0 Å². The predicted octanol–water partition coefficient (Wildman–Crippen LogP) is 1.78. The molecule has 6 heteroatoms. The minimum atomic E-state index is 0.706. The van der Waals surface area contributed by atoms with E-state index in [4.69, 9.17) is 9.47 Å². The number of aryl methyl sites for hydroxylation is 1. The van der Waals surface area contributed by atoms with E-state index in [1.54, 1.807) is 0 Å². The molecule has 0 amide bonds. The van der Waals surface area contributed by atoms with E-state index in [-0.39, 0.29) is 0 Å². The van der Waals surface area contributed by atoms with Gasteiger partial charge in [-0.1, -0.05) is 12.1 Å². The average Bonchev–Trinajstić information content (AvgIpc) is 3.49. The Labute approximate surface area is 157 Å². The van der Waals surface area contributed by atoms with Gasteiger partial charge in [-0.3, -0.25) is 9.89 Å². The number of rotatable bonds is 8. The summed E-state index contributed by atoms with van der Waals surface area (Å²) in [7, 11) is 1.81. The maximum atomic E-state index is 6.05. The first-order valence-electron chi connectivity index (χ1n) is 9.71. The van der Waals surface area contributed by atoms with Gasteiger partial charge in [0.25, 0.3) is 0 Å². The zero-order valence-corrected chi connectivity index (χ0v) is 16.1. The second-order valence-electron chi connectivity index (χ2n) is 7.17. The van der Waals surface area contributed by atoms with Gasteiger partial charge in [0.15, 0.2) is 5.96 Å². The van der Waals surface area contributed by atoms with Crippen LogP contribution in [0.5, 0.6) is 5.75 Å². The van der Waals surface area contributed by atoms with E-state index in [0.717, 1.165) is 63.6 Å². The minimum absolute atomic E-state index is 0.706. The van der Waals surface area contributed by atoms with E-state index >= 15 is 0 Å². The summed E-state index contributed by atoms with van der Waals surface area (Å²) in [5.41, 5.74) is 2.40. The SMILES string of the molecule is CN=C(NCCN1CCOCC1)NCc1ccc(C)cc1OCC1CC1. The molecule has 1 aromatic carbocycles. The van der Waals surface area contributed by atoms with Gasteiger partial charge >= 0.3 is 0 Å². The summed E-state index contributed by atoms with van der Waals surface area (Å²) in [6.07, 6.45) is 2.61. The summed E-state index contributed by atoms with van der Waals surface area (Å²) in [6, 6.07) is 6.41. The standard InChI is InChI=1S/C20H32N4O2/c1-16-3-6-18(19(13-16)26-15-17-4-5-17)14-23-20(21-2)22-7-8-24-9-11-25-12-10-24/h3,6,13,17H,4-5,7-12,14-15H2,1-2H3,(H2,21,22,23). The van der Waals surface area contributed by atoms with Crippen molar-refractivity contribution in [2.45, 2.75) is 26.3 Å². The number of aliphatic imine (C=N–C) groups is 1. The second kappa shape index (κ2) is 9.78. The normalized spacial score (nSPS) is 18.6. The number of hydrogen-bond acceptors (Lipinski definition) is 4. The second-order valence-corrected chi connectivity index (χ2v) is 7.17. The van der Waals surface area contributed by atoms with Crippen LogP contribution in [0.1, 0.15) is 24.0 Å². The molecule has 1 aromatic rings. The Kier molecular flexibility index (Phi) is 7.14. The third-order valence-electron chi connectivity index (χ3n) is 4.89. The molecule has 1 aliphatic heterocycles. The molecule has 3 rings (SSSR count). The Bertz CT molecular complexity index is 595. The van der Waals surface area contributed by atoms with Crippen molar-refractivity contribution in [1.29, 1.82) is 0 Å². The third-order valence-corrected chi connectivity index (χ3v) is 4.89. The first-order chi connectivity index (χ1) is 12.7. The van der Waals surface area contributed by atoms with Gasteiger partial charge in [0.2, 0.25) is 0 Å². The molecule has 0 unspecified atom stereocenters. The molecule has 0 atom stereocenters. The average molecular weight is 361 g/mol. The van der Waals surface area contributed by atoms with Crippen molar-refractivity contribution < 1.29 is 9.47 Å². The smallest absolute Gasteiger partial charge is 0.191 e. The van der Waals surface area contributed by atoms with Crippen LogP contribution in [0, 0.1) is 12.8 Å². The molecule has 26 heavy (non-hydrogen) atoms. The van der Waals surface area contributed by atoms with Gasteiger partial charge < -0.3 is 20.1 Å². The number of guanidine groups is 1. The largest absolute Gasteiger partial charge is 0.493 e. The molecular weight excluding hydrogens is 328 g/mol. The highest BCUT2D eigenvalue weighted by Crippen LogP contribution is 2.30. The summed E-state index contributed by atoms with van der Waals surface area (Å²) in [5.74, 6) is 2.58. The highest BCUT2D eigenvalue weighted by atomic mass is 16.5. The van der Waals surface area contributed by atoms with Gasteiger partial charge in [-0.15, -0.1) is 0 Å². The summed E-state index contributed by atoms with van der Waals surface area (Å²) in [4.78, 5) is 6.74. The predicted molar refractivity (Wildman–Crippen MR) is 105 cm³/mol. The van der Waals surface area contributed by atoms with Crippen LogP contribution in [0.4, 0.5) is 0 Å². The molecule has 1 aliphatic carbocycles. The fourth-order valence-electron chi connectivity index (χ4n) is 2.99. The lowest BCUT2D eigenvalue weighted by molar-refractivity contribution is 0.0389. The number of ether oxygens (including phenoxy) is 2. The molecule has 0 spiro atoms. The number of nitrogens with zero attached hydrogens (tertiary/aromatic N) is 2. The zero-order chi connectivity index (χ0) is 18.2. The Balaban J connectivity index is 1.45. The number of benzene rings is 1. The minimum Gasteiger partial charge on any atom is -0.493 e. The molecule has 2 fully saturated rings. The van der Waals surface area contributed by atoms with E-state index in [9.17, 15) is 0 Å². The molecule has 6 nitrogen and oxygen atoms in total. The van der Waals surface area contributed by atoms with Crippen molar-refractivity contribution in [3.05, 3.63) is 29.3 Å². The van der Waals surface area contributed by atoms with Gasteiger partial charge in [0, 0.05) is 45.3 Å². The highest BCUT2D eigenvalue weighted by molar-refractivity contribution is 5.79. The number of hydrogen-bond donors (Lipinski definition) is 2. The van der Waals surface area contributed by atoms with E-state index in [2.05, 4.69) is 45.6 Å². The molecule has 0 radical (unpaired) electrons. The van der Waals surface area contributed by atoms with Gasteiger partial charge in [-0.25, -0.2) is 0 Å². The topological polar surface area (TPSA) is 58.1 Å². The maximum Gasteiger partial charge on any atom is 0.191 e. The molecule has 1 heterocycles. The third kappa shape index (κ3) is 6.18. The zero-order valence-electron chi connectivity index (χ0n) is 16.1. The lowest BCUT2D eigenvalue weighted by Gasteiger charge is -2.26. The molecule has 0 bridgehead atoms. The quantitative estimate of drug-likeness (QED) is 0.547. The molecule has 1 saturated carbocycles. The number of morpholine rings is 1. The molecule has 2 N–H and O–H groups in total. The Hall–Kier alpha value is -1.79. The van der Waals surface area contributed by atoms with Gasteiger partial charge in [0.05, 0.1) is 19.8 Å². The fraction of sp³-hybridized carbons (Fsp3) is 0.650. The van der Waals surface area contributed by atoms with Crippen LogP contribution in [-0.4, -0.2) is 63.9 Å². The maximum absolute atomic E-state index is 6.05. The molecular formula is C20H32N4O2. The Morgan fingerprint density at radius 3 is 2.81 bits per heavy atom. The van der Waals surface area contributed by atoms with Crippen molar-refractivity contribution in [1.82, 2.24) is 15.5 Å². The van der Waals surface area contributed by atoms with Crippen molar-refractivity contribution >= 4 is 5.96 Å². The van der Waals surface area contributed by atoms with Crippen LogP contribution in [0.15, 0.2) is 23.2 Å². The van der Waals surface area contributed by atoms with Crippen LogP contribution in [0.25, 0.3) is 0 Å². The summed E-state index contributed by atoms with van der Waals surface area (Å²) >= 11 is 0. The Morgan fingerprint density at radius 1 is 1.27 bits per heavy atom. The van der Waals surface area contributed by atoms with E-state index in [0.29, 0.717) is 6.54 Å². The van der Waals surface area contributed by atoms with E-state index in [1.165, 1.54) is 24.0 Å². The lowest BCUT2D eigenvalue weighted by atomic mass is 10.1. The van der Waals surface area contributed by atoms with E-state index in [1.807, 2.05) is 7.05 Å². The molecule has 144 valence electrons. The van der Waals surface area contributed by atoms with Crippen LogP contribution in [0.2, 0.25) is 0 Å². The van der Waals surface area contributed by atoms with Crippen LogP contribution >= 0.6 is 0 Å². The summed E-state index contributed by atoms with van der Waals surface area (Å²) in [6.45, 7) is 9.22. The van der Waals surface area contributed by atoms with Crippen molar-refractivity contribution in [3.8, 4) is 5.75 Å². The van der Waals surface area contributed by atoms with Gasteiger partial charge in [-0.2, -0.15) is 0 Å². The molecule has 1 saturated heterocycles. The first-order valence-corrected chi connectivity index (χ1v) is 9.71. The van der Waals surface area contributed by atoms with Crippen LogP contribution in [-0.2, 0) is 11.3 Å². The van der Waals surface area contributed by atoms with Crippen LogP contribution < -0.4 is 15.4 Å². The van der Waals surface area contributed by atoms with Gasteiger partial charge in [-0.05, 0) is 37.3 Å². The molecule has 2 aliphatic rings. The highest BCUT2D eigenvalue weighted by Gasteiger charge is 2.22. The summed E-state index contributed by atoms with van der Waals surface area (Å²) in [5, 5.41) is 6.80. The van der Waals surface area contributed by atoms with Gasteiger partial charge in [0.1, 0.15) is 5.75 Å². The lowest BCUT2D eigenvalue weighted by Crippen LogP contribution is -2.44. The van der Waals surface area contributed by atoms with E-state index < -0.39 is 0 Å². The molecule has 0 aromatic heterocycles. The summed E-state index contributed by atoms with van der Waals surface area (Å²) < 4.78 is 11.4. The van der Waals surface area contributed by atoms with Crippen molar-refractivity contribution in [2.75, 3.05) is 53.0 Å². The Morgan fingerprint density at radius 2 is 2.08 bits per heavy atom. The monoisotopic (exact) mass is 360 g/mol.